The molecular formula is C18H27NO2. The van der Waals surface area contributed by atoms with Crippen molar-refractivity contribution in [2.45, 2.75) is 38.7 Å². The average Bonchev–Trinajstić information content (AvgIpc) is 2.48. The molecule has 2 N–H and O–H groups in total. The van der Waals surface area contributed by atoms with Gasteiger partial charge in [-0.3, -0.25) is 0 Å². The Labute approximate surface area is 128 Å². The summed E-state index contributed by atoms with van der Waals surface area (Å²) in [6, 6.07) is 8.10. The Bertz CT molecular complexity index is 453. The first-order valence-corrected chi connectivity index (χ1v) is 7.87. The van der Waals surface area contributed by atoms with Crippen LogP contribution in [0.15, 0.2) is 29.8 Å². The lowest BCUT2D eigenvalue weighted by molar-refractivity contribution is 0.101. The Hall–Kier alpha value is -1.32. The van der Waals surface area contributed by atoms with Gasteiger partial charge in [0.05, 0.1) is 13.2 Å². The highest BCUT2D eigenvalue weighted by molar-refractivity contribution is 5.53. The Morgan fingerprint density at radius 2 is 2.10 bits per heavy atom. The maximum atomic E-state index is 9.68. The quantitative estimate of drug-likeness (QED) is 0.845. The van der Waals surface area contributed by atoms with Crippen LogP contribution in [0.3, 0.4) is 0 Å². The van der Waals surface area contributed by atoms with Crippen LogP contribution in [0.5, 0.6) is 5.75 Å². The first-order valence-electron chi connectivity index (χ1n) is 7.87. The van der Waals surface area contributed by atoms with E-state index in [0.29, 0.717) is 5.92 Å². The predicted molar refractivity (Wildman–Crippen MR) is 87.5 cm³/mol. The fourth-order valence-corrected chi connectivity index (χ4v) is 2.96. The minimum Gasteiger partial charge on any atom is -0.497 e. The summed E-state index contributed by atoms with van der Waals surface area (Å²) in [6.45, 7) is 4.05. The molecule has 1 saturated carbocycles. The highest BCUT2D eigenvalue weighted by Gasteiger charge is 2.19. The van der Waals surface area contributed by atoms with Gasteiger partial charge in [-0.2, -0.15) is 0 Å². The van der Waals surface area contributed by atoms with Crippen LogP contribution in [-0.2, 0) is 0 Å². The molecule has 116 valence electrons. The first-order chi connectivity index (χ1) is 10.2. The second kappa shape index (κ2) is 8.20. The fraction of sp³-hybridized carbons (Fsp3) is 0.556. The van der Waals surface area contributed by atoms with Crippen LogP contribution in [-0.4, -0.2) is 31.4 Å². The fourth-order valence-electron chi connectivity index (χ4n) is 2.96. The maximum Gasteiger partial charge on any atom is 0.118 e. The van der Waals surface area contributed by atoms with Crippen molar-refractivity contribution < 1.29 is 9.84 Å². The highest BCUT2D eigenvalue weighted by Crippen LogP contribution is 2.23. The van der Waals surface area contributed by atoms with E-state index in [1.54, 1.807) is 7.11 Å². The van der Waals surface area contributed by atoms with E-state index in [4.69, 9.17) is 4.74 Å². The van der Waals surface area contributed by atoms with Crippen LogP contribution in [0.2, 0.25) is 0 Å². The molecule has 0 spiro atoms. The number of hydrogen-bond donors (Lipinski definition) is 2. The van der Waals surface area contributed by atoms with Crippen molar-refractivity contribution in [3.8, 4) is 5.75 Å². The molecule has 0 radical (unpaired) electrons. The third-order valence-corrected chi connectivity index (χ3v) is 4.12. The van der Waals surface area contributed by atoms with Crippen molar-refractivity contribution in [1.82, 2.24) is 5.32 Å². The lowest BCUT2D eigenvalue weighted by Gasteiger charge is -2.26. The molecule has 2 atom stereocenters. The summed E-state index contributed by atoms with van der Waals surface area (Å²) in [4.78, 5) is 0. The molecule has 0 amide bonds. The summed E-state index contributed by atoms with van der Waals surface area (Å²) in [6.07, 6.45) is 6.45. The average molecular weight is 289 g/mol. The Morgan fingerprint density at radius 3 is 2.76 bits per heavy atom. The summed E-state index contributed by atoms with van der Waals surface area (Å²) in [7, 11) is 1.68. The summed E-state index contributed by atoms with van der Waals surface area (Å²) in [5.74, 6) is 1.52. The minimum absolute atomic E-state index is 0.0820. The van der Waals surface area contributed by atoms with Gasteiger partial charge in [0.1, 0.15) is 5.75 Å². The number of aliphatic hydroxyl groups excluding tert-OH is 1. The molecule has 0 heterocycles. The second-order valence-electron chi connectivity index (χ2n) is 6.08. The molecule has 1 aromatic carbocycles. The van der Waals surface area contributed by atoms with E-state index in [-0.39, 0.29) is 6.10 Å². The van der Waals surface area contributed by atoms with Crippen LogP contribution >= 0.6 is 0 Å². The van der Waals surface area contributed by atoms with Gasteiger partial charge in [-0.25, -0.2) is 0 Å². The Kier molecular flexibility index (Phi) is 6.27. The highest BCUT2D eigenvalue weighted by atomic mass is 16.5. The topological polar surface area (TPSA) is 41.5 Å². The molecule has 3 heteroatoms. The van der Waals surface area contributed by atoms with Crippen LogP contribution < -0.4 is 10.1 Å². The van der Waals surface area contributed by atoms with Crippen molar-refractivity contribution in [2.24, 2.45) is 5.92 Å². The number of aliphatic hydroxyl groups is 1. The van der Waals surface area contributed by atoms with Crippen molar-refractivity contribution in [1.29, 1.82) is 0 Å². The Morgan fingerprint density at radius 1 is 1.33 bits per heavy atom. The van der Waals surface area contributed by atoms with Crippen molar-refractivity contribution >= 4 is 6.08 Å². The number of nitrogens with one attached hydrogen (secondary N) is 1. The summed E-state index contributed by atoms with van der Waals surface area (Å²) >= 11 is 0. The van der Waals surface area contributed by atoms with Gasteiger partial charge < -0.3 is 15.2 Å². The lowest BCUT2D eigenvalue weighted by Crippen LogP contribution is -2.29. The zero-order chi connectivity index (χ0) is 15.1. The number of methoxy groups -OCH3 is 1. The molecule has 2 rings (SSSR count). The number of hydrogen-bond acceptors (Lipinski definition) is 3. The normalized spacial score (nSPS) is 23.1. The zero-order valence-corrected chi connectivity index (χ0v) is 13.1. The van der Waals surface area contributed by atoms with Crippen LogP contribution in [0.25, 0.3) is 6.08 Å². The van der Waals surface area contributed by atoms with Gasteiger partial charge in [0.2, 0.25) is 0 Å². The number of benzene rings is 1. The third-order valence-electron chi connectivity index (χ3n) is 4.12. The van der Waals surface area contributed by atoms with Gasteiger partial charge in [-0.1, -0.05) is 30.2 Å². The molecule has 1 fully saturated rings. The van der Waals surface area contributed by atoms with E-state index in [9.17, 15) is 5.11 Å². The standard InChI is InChI=1S/C18H27NO2/c1-14(10-15-6-8-18(21-2)9-7-15)12-19-13-16-4-3-5-17(20)11-16/h6-10,16-17,19-20H,3-5,11-13H2,1-2H3/b14-10-. The number of rotatable bonds is 6. The molecule has 0 saturated heterocycles. The molecule has 2 unspecified atom stereocenters. The number of ether oxygens (including phenoxy) is 1. The van der Waals surface area contributed by atoms with E-state index < -0.39 is 0 Å². The van der Waals surface area contributed by atoms with Crippen molar-refractivity contribution in [2.75, 3.05) is 20.2 Å². The van der Waals surface area contributed by atoms with Crippen LogP contribution in [0.1, 0.15) is 38.2 Å². The largest absolute Gasteiger partial charge is 0.497 e. The van der Waals surface area contributed by atoms with Gasteiger partial charge >= 0.3 is 0 Å². The summed E-state index contributed by atoms with van der Waals surface area (Å²) in [5, 5.41) is 13.2. The monoisotopic (exact) mass is 289 g/mol. The Balaban J connectivity index is 1.75. The predicted octanol–water partition coefficient (Wildman–Crippen LogP) is 3.24. The molecule has 1 aliphatic rings. The van der Waals surface area contributed by atoms with E-state index in [1.807, 2.05) is 12.1 Å². The van der Waals surface area contributed by atoms with Gasteiger partial charge in [0.25, 0.3) is 0 Å². The lowest BCUT2D eigenvalue weighted by atomic mass is 9.87. The SMILES string of the molecule is COc1ccc(/C=C(/C)CNCC2CCCC(O)C2)cc1. The van der Waals surface area contributed by atoms with Gasteiger partial charge in [0.15, 0.2) is 0 Å². The van der Waals surface area contributed by atoms with E-state index in [0.717, 1.165) is 38.1 Å². The third kappa shape index (κ3) is 5.52. The minimum atomic E-state index is -0.0820. The van der Waals surface area contributed by atoms with E-state index >= 15 is 0 Å². The maximum absolute atomic E-state index is 9.68. The van der Waals surface area contributed by atoms with Gasteiger partial charge in [-0.15, -0.1) is 0 Å². The molecule has 1 aromatic rings. The van der Waals surface area contributed by atoms with Crippen LogP contribution in [0, 0.1) is 5.92 Å². The summed E-state index contributed by atoms with van der Waals surface area (Å²) in [5.41, 5.74) is 2.51. The first kappa shape index (κ1) is 16.1. The molecule has 21 heavy (non-hydrogen) atoms. The van der Waals surface area contributed by atoms with E-state index in [1.165, 1.54) is 17.6 Å². The van der Waals surface area contributed by atoms with Crippen LogP contribution in [0.4, 0.5) is 0 Å². The molecule has 0 bridgehead atoms. The smallest absolute Gasteiger partial charge is 0.118 e. The molecule has 1 aliphatic carbocycles. The summed E-state index contributed by atoms with van der Waals surface area (Å²) < 4.78 is 5.16. The second-order valence-corrected chi connectivity index (χ2v) is 6.08. The zero-order valence-electron chi connectivity index (χ0n) is 13.1. The van der Waals surface area contributed by atoms with Crippen molar-refractivity contribution in [3.63, 3.8) is 0 Å². The molecular weight excluding hydrogens is 262 g/mol. The van der Waals surface area contributed by atoms with E-state index in [2.05, 4.69) is 30.4 Å². The van der Waals surface area contributed by atoms with Gasteiger partial charge in [-0.05, 0) is 56.3 Å². The van der Waals surface area contributed by atoms with Gasteiger partial charge in [0, 0.05) is 6.54 Å². The molecule has 3 nitrogen and oxygen atoms in total. The molecule has 0 aromatic heterocycles. The van der Waals surface area contributed by atoms with Crippen molar-refractivity contribution in [3.05, 3.63) is 35.4 Å². The molecule has 0 aliphatic heterocycles.